The standard InChI is InChI=1S/C26H34F3N3O4S/c1-18(2)30-25(34)20(4)31(17-21-11-7-6-10-19(21)3)24(33)14-9-15-32(37(5,35)36)23-13-8-12-22(16-23)26(27,28)29/h6-8,10-13,16,18,20H,9,14-15,17H2,1-5H3,(H,30,34)/t20-/m1/s1. The second-order valence-corrected chi connectivity index (χ2v) is 11.2. The number of nitrogens with one attached hydrogen (secondary N) is 1. The minimum Gasteiger partial charge on any atom is -0.352 e. The molecule has 1 N–H and O–H groups in total. The summed E-state index contributed by atoms with van der Waals surface area (Å²) < 4.78 is 65.1. The molecule has 2 aromatic carbocycles. The molecule has 0 fully saturated rings. The van der Waals surface area contributed by atoms with E-state index in [0.29, 0.717) is 0 Å². The molecule has 37 heavy (non-hydrogen) atoms. The highest BCUT2D eigenvalue weighted by Crippen LogP contribution is 2.32. The van der Waals surface area contributed by atoms with Crippen LogP contribution in [0.5, 0.6) is 0 Å². The summed E-state index contributed by atoms with van der Waals surface area (Å²) in [6.07, 6.45) is -3.78. The van der Waals surface area contributed by atoms with E-state index in [0.717, 1.165) is 39.9 Å². The van der Waals surface area contributed by atoms with Gasteiger partial charge in [0, 0.05) is 25.6 Å². The third-order valence-corrected chi connectivity index (χ3v) is 7.01. The number of carbonyl (C=O) groups is 2. The van der Waals surface area contributed by atoms with E-state index in [2.05, 4.69) is 5.32 Å². The monoisotopic (exact) mass is 541 g/mol. The number of rotatable bonds is 11. The summed E-state index contributed by atoms with van der Waals surface area (Å²) in [5, 5.41) is 2.80. The molecule has 0 aliphatic carbocycles. The van der Waals surface area contributed by atoms with Crippen molar-refractivity contribution in [3.63, 3.8) is 0 Å². The third-order valence-electron chi connectivity index (χ3n) is 5.81. The van der Waals surface area contributed by atoms with Gasteiger partial charge in [-0.25, -0.2) is 8.42 Å². The van der Waals surface area contributed by atoms with Crippen LogP contribution in [-0.2, 0) is 32.3 Å². The number of benzene rings is 2. The average molecular weight is 542 g/mol. The van der Waals surface area contributed by atoms with Gasteiger partial charge in [-0.2, -0.15) is 13.2 Å². The molecule has 0 radical (unpaired) electrons. The van der Waals surface area contributed by atoms with Crippen molar-refractivity contribution in [3.05, 3.63) is 65.2 Å². The number of nitrogens with zero attached hydrogens (tertiary/aromatic N) is 2. The smallest absolute Gasteiger partial charge is 0.352 e. The number of halogens is 3. The van der Waals surface area contributed by atoms with Crippen LogP contribution in [0.25, 0.3) is 0 Å². The molecule has 0 saturated heterocycles. The Morgan fingerprint density at radius 3 is 2.24 bits per heavy atom. The molecule has 0 bridgehead atoms. The van der Waals surface area contributed by atoms with E-state index in [4.69, 9.17) is 0 Å². The number of hydrogen-bond acceptors (Lipinski definition) is 4. The number of aryl methyl sites for hydroxylation is 1. The molecule has 0 heterocycles. The van der Waals surface area contributed by atoms with Gasteiger partial charge >= 0.3 is 6.18 Å². The fourth-order valence-electron chi connectivity index (χ4n) is 3.80. The summed E-state index contributed by atoms with van der Waals surface area (Å²) in [4.78, 5) is 27.4. The highest BCUT2D eigenvalue weighted by atomic mass is 32.2. The van der Waals surface area contributed by atoms with E-state index in [-0.39, 0.29) is 49.5 Å². The molecule has 0 unspecified atom stereocenters. The maximum absolute atomic E-state index is 13.3. The van der Waals surface area contributed by atoms with Crippen LogP contribution in [0.2, 0.25) is 0 Å². The number of anilines is 1. The van der Waals surface area contributed by atoms with E-state index in [9.17, 15) is 31.2 Å². The number of hydrogen-bond donors (Lipinski definition) is 1. The van der Waals surface area contributed by atoms with Gasteiger partial charge < -0.3 is 10.2 Å². The molecule has 0 aliphatic rings. The lowest BCUT2D eigenvalue weighted by atomic mass is 10.1. The summed E-state index contributed by atoms with van der Waals surface area (Å²) in [5.41, 5.74) is 0.710. The normalized spacial score (nSPS) is 12.8. The van der Waals surface area contributed by atoms with Crippen LogP contribution in [-0.4, -0.2) is 50.0 Å². The Balaban J connectivity index is 2.23. The van der Waals surface area contributed by atoms with E-state index in [1.54, 1.807) is 6.92 Å². The molecular weight excluding hydrogens is 507 g/mol. The van der Waals surface area contributed by atoms with E-state index in [1.165, 1.54) is 11.0 Å². The Morgan fingerprint density at radius 2 is 1.68 bits per heavy atom. The SMILES string of the molecule is Cc1ccccc1CN(C(=O)CCCN(c1cccc(C(F)(F)F)c1)S(C)(=O)=O)[C@H](C)C(=O)NC(C)C. The number of alkyl halides is 3. The quantitative estimate of drug-likeness (QED) is 0.454. The first kappa shape index (κ1) is 30.1. The molecule has 11 heteroatoms. The molecule has 2 rings (SSSR count). The summed E-state index contributed by atoms with van der Waals surface area (Å²) in [6.45, 7) is 7.13. The topological polar surface area (TPSA) is 86.8 Å². The minimum atomic E-state index is -4.63. The first-order valence-corrected chi connectivity index (χ1v) is 13.8. The molecule has 0 aromatic heterocycles. The minimum absolute atomic E-state index is 0.0466. The Labute approximate surface area is 216 Å². The van der Waals surface area contributed by atoms with Crippen molar-refractivity contribution in [2.45, 2.75) is 65.3 Å². The summed E-state index contributed by atoms with van der Waals surface area (Å²) >= 11 is 0. The first-order chi connectivity index (χ1) is 17.1. The van der Waals surface area contributed by atoms with Crippen molar-refractivity contribution in [1.82, 2.24) is 10.2 Å². The molecule has 1 atom stereocenters. The van der Waals surface area contributed by atoms with Crippen LogP contribution in [0.4, 0.5) is 18.9 Å². The zero-order valence-electron chi connectivity index (χ0n) is 21.7. The van der Waals surface area contributed by atoms with E-state index >= 15 is 0 Å². The van der Waals surface area contributed by atoms with Gasteiger partial charge in [0.25, 0.3) is 0 Å². The lowest BCUT2D eigenvalue weighted by molar-refractivity contribution is -0.140. The molecular formula is C26H34F3N3O4S. The van der Waals surface area contributed by atoms with Crippen molar-refractivity contribution in [2.24, 2.45) is 0 Å². The predicted octanol–water partition coefficient (Wildman–Crippen LogP) is 4.50. The van der Waals surface area contributed by atoms with E-state index < -0.39 is 27.8 Å². The molecule has 0 aliphatic heterocycles. The summed E-state index contributed by atoms with van der Waals surface area (Å²) in [7, 11) is -3.92. The van der Waals surface area contributed by atoms with Crippen LogP contribution in [0.1, 0.15) is 50.3 Å². The highest BCUT2D eigenvalue weighted by molar-refractivity contribution is 7.92. The van der Waals surface area contributed by atoms with Crippen molar-refractivity contribution >= 4 is 27.5 Å². The Kier molecular flexibility index (Phi) is 10.1. The summed E-state index contributed by atoms with van der Waals surface area (Å²) in [5.74, 6) is -0.689. The van der Waals surface area contributed by atoms with Crippen LogP contribution in [0, 0.1) is 6.92 Å². The van der Waals surface area contributed by atoms with E-state index in [1.807, 2.05) is 45.0 Å². The lowest BCUT2D eigenvalue weighted by Crippen LogP contribution is -2.49. The van der Waals surface area contributed by atoms with Gasteiger partial charge in [0.1, 0.15) is 6.04 Å². The Hall–Kier alpha value is -3.08. The third kappa shape index (κ3) is 8.77. The predicted molar refractivity (Wildman–Crippen MR) is 137 cm³/mol. The zero-order valence-corrected chi connectivity index (χ0v) is 22.5. The lowest BCUT2D eigenvalue weighted by Gasteiger charge is -2.30. The molecule has 7 nitrogen and oxygen atoms in total. The number of sulfonamides is 1. The van der Waals surface area contributed by atoms with Crippen molar-refractivity contribution in [1.29, 1.82) is 0 Å². The van der Waals surface area contributed by atoms with Crippen LogP contribution < -0.4 is 9.62 Å². The average Bonchev–Trinajstić information content (AvgIpc) is 2.79. The fraction of sp³-hybridized carbons (Fsp3) is 0.462. The van der Waals surface area contributed by atoms with Gasteiger partial charge in [0.05, 0.1) is 17.5 Å². The molecule has 2 aromatic rings. The maximum atomic E-state index is 13.3. The Bertz CT molecular complexity index is 1200. The molecule has 204 valence electrons. The largest absolute Gasteiger partial charge is 0.416 e. The van der Waals surface area contributed by atoms with Gasteiger partial charge in [0.15, 0.2) is 0 Å². The second-order valence-electron chi connectivity index (χ2n) is 9.27. The van der Waals surface area contributed by atoms with Gasteiger partial charge in [-0.3, -0.25) is 13.9 Å². The van der Waals surface area contributed by atoms with Crippen molar-refractivity contribution in [2.75, 3.05) is 17.1 Å². The number of amides is 2. The highest BCUT2D eigenvalue weighted by Gasteiger charge is 2.32. The van der Waals surface area contributed by atoms with Gasteiger partial charge in [-0.15, -0.1) is 0 Å². The first-order valence-electron chi connectivity index (χ1n) is 11.9. The van der Waals surface area contributed by atoms with Gasteiger partial charge in [-0.05, 0) is 63.4 Å². The Morgan fingerprint density at radius 1 is 1.03 bits per heavy atom. The molecule has 2 amide bonds. The van der Waals surface area contributed by atoms with Gasteiger partial charge in [0.2, 0.25) is 21.8 Å². The van der Waals surface area contributed by atoms with Crippen molar-refractivity contribution < 1.29 is 31.2 Å². The van der Waals surface area contributed by atoms with Gasteiger partial charge in [-0.1, -0.05) is 30.3 Å². The number of carbonyl (C=O) groups excluding carboxylic acids is 2. The zero-order chi connectivity index (χ0) is 28.0. The van der Waals surface area contributed by atoms with Crippen LogP contribution >= 0.6 is 0 Å². The maximum Gasteiger partial charge on any atom is 0.416 e. The van der Waals surface area contributed by atoms with Crippen LogP contribution in [0.15, 0.2) is 48.5 Å². The fourth-order valence-corrected chi connectivity index (χ4v) is 4.76. The second kappa shape index (κ2) is 12.4. The molecule has 0 saturated carbocycles. The van der Waals surface area contributed by atoms with Crippen molar-refractivity contribution in [3.8, 4) is 0 Å². The summed E-state index contributed by atoms with van der Waals surface area (Å²) in [6, 6.07) is 10.6. The molecule has 0 spiro atoms. The van der Waals surface area contributed by atoms with Crippen LogP contribution in [0.3, 0.4) is 0 Å².